The number of ether oxygens (including phenoxy) is 4. The molecule has 4 aliphatic rings. The summed E-state index contributed by atoms with van der Waals surface area (Å²) in [7, 11) is 2.32. The molecule has 3 fully saturated rings. The molecule has 4 aliphatic carbocycles. The fraction of sp³-hybridized carbons (Fsp3) is 0.640. The van der Waals surface area contributed by atoms with Crippen LogP contribution in [-0.4, -0.2) is 66.3 Å². The second kappa shape index (κ2) is 7.74. The first-order valence-corrected chi connectivity index (χ1v) is 11.4. The Balaban J connectivity index is 2.00. The number of aliphatic hydroxyl groups is 1. The summed E-state index contributed by atoms with van der Waals surface area (Å²) in [6.07, 6.45) is 0.0560. The third-order valence-electron chi connectivity index (χ3n) is 8.68. The Bertz CT molecular complexity index is 1090. The van der Waals surface area contributed by atoms with Crippen molar-refractivity contribution in [2.75, 3.05) is 14.2 Å². The van der Waals surface area contributed by atoms with Crippen LogP contribution in [0.4, 0.5) is 0 Å². The molecule has 0 aliphatic heterocycles. The van der Waals surface area contributed by atoms with Gasteiger partial charge in [0.2, 0.25) is 0 Å². The van der Waals surface area contributed by atoms with Gasteiger partial charge >= 0.3 is 23.9 Å². The monoisotopic (exact) mass is 490 g/mol. The average Bonchev–Trinajstić information content (AvgIpc) is 3.15. The maximum atomic E-state index is 13.4. The van der Waals surface area contributed by atoms with E-state index in [0.29, 0.717) is 5.57 Å². The summed E-state index contributed by atoms with van der Waals surface area (Å²) in [6.45, 7) is 7.90. The fourth-order valence-corrected chi connectivity index (χ4v) is 7.38. The SMILES string of the molecule is C=C1C[C@]23C[C@@]1(OC(C)=O)CC[C@]2(O)C1=CC(=O)[C@H](OC(C)=O)[C@@](C)(C(=O)OC)[C@H]1[C@@H]3C(=O)OC. The molecule has 0 radical (unpaired) electrons. The summed E-state index contributed by atoms with van der Waals surface area (Å²) in [4.78, 5) is 63.9. The second-order valence-electron chi connectivity index (χ2n) is 10.3. The van der Waals surface area contributed by atoms with Gasteiger partial charge in [-0.15, -0.1) is 0 Å². The molecular formula is C25H30O10. The van der Waals surface area contributed by atoms with Crippen molar-refractivity contribution in [1.29, 1.82) is 0 Å². The van der Waals surface area contributed by atoms with Crippen LogP contribution in [0.15, 0.2) is 23.8 Å². The van der Waals surface area contributed by atoms with Gasteiger partial charge in [-0.25, -0.2) is 0 Å². The van der Waals surface area contributed by atoms with Crippen LogP contribution in [-0.2, 0) is 42.9 Å². The van der Waals surface area contributed by atoms with Gasteiger partial charge in [-0.1, -0.05) is 6.58 Å². The van der Waals surface area contributed by atoms with Crippen LogP contribution in [0.3, 0.4) is 0 Å². The van der Waals surface area contributed by atoms with Gasteiger partial charge in [0.1, 0.15) is 11.0 Å². The lowest BCUT2D eigenvalue weighted by Gasteiger charge is -2.48. The van der Waals surface area contributed by atoms with E-state index in [1.54, 1.807) is 0 Å². The van der Waals surface area contributed by atoms with Gasteiger partial charge in [0.05, 0.1) is 25.7 Å². The zero-order valence-corrected chi connectivity index (χ0v) is 20.5. The van der Waals surface area contributed by atoms with E-state index >= 15 is 0 Å². The largest absolute Gasteiger partial charge is 0.469 e. The van der Waals surface area contributed by atoms with Gasteiger partial charge in [-0.2, -0.15) is 0 Å². The summed E-state index contributed by atoms with van der Waals surface area (Å²) in [5.41, 5.74) is -5.18. The van der Waals surface area contributed by atoms with Crippen molar-refractivity contribution in [2.24, 2.45) is 22.7 Å². The lowest BCUT2D eigenvalue weighted by atomic mass is 9.59. The number of ketones is 1. The molecular weight excluding hydrogens is 460 g/mol. The molecule has 190 valence electrons. The zero-order valence-electron chi connectivity index (χ0n) is 20.5. The lowest BCUT2D eigenvalue weighted by molar-refractivity contribution is -0.184. The number of hydrogen-bond donors (Lipinski definition) is 1. The molecule has 35 heavy (non-hydrogen) atoms. The Morgan fingerprint density at radius 1 is 1.09 bits per heavy atom. The van der Waals surface area contributed by atoms with Crippen molar-refractivity contribution < 1.29 is 48.0 Å². The molecule has 3 saturated carbocycles. The smallest absolute Gasteiger partial charge is 0.316 e. The highest BCUT2D eigenvalue weighted by atomic mass is 16.6. The standard InChI is InChI=1S/C25H30O10/c1-12-10-23-11-24(12,35-14(3)27)7-8-25(23,31)15-9-16(28)19(34-13(2)26)22(4,21(30)33-6)17(15)18(23)20(29)32-5/h9,17-19,31H,1,7-8,10-11H2,2-6H3/t17-,18-,19+,22+,23-,24+,25+/m1/s1. The Hall–Kier alpha value is -3.01. The average molecular weight is 491 g/mol. The van der Waals surface area contributed by atoms with E-state index in [1.165, 1.54) is 27.0 Å². The topological polar surface area (TPSA) is 142 Å². The molecule has 0 amide bonds. The normalized spacial score (nSPS) is 41.3. The first-order chi connectivity index (χ1) is 16.2. The molecule has 1 spiro atoms. The number of hydrogen-bond acceptors (Lipinski definition) is 10. The summed E-state index contributed by atoms with van der Waals surface area (Å²) < 4.78 is 21.2. The van der Waals surface area contributed by atoms with Crippen molar-refractivity contribution >= 4 is 29.7 Å². The molecule has 0 aromatic rings. The second-order valence-corrected chi connectivity index (χ2v) is 10.3. The van der Waals surface area contributed by atoms with Gasteiger partial charge in [-0.05, 0) is 43.4 Å². The Kier molecular flexibility index (Phi) is 5.55. The van der Waals surface area contributed by atoms with Gasteiger partial charge in [0.15, 0.2) is 11.9 Å². The minimum atomic E-state index is -1.84. The third kappa shape index (κ3) is 3.01. The Morgan fingerprint density at radius 3 is 2.29 bits per heavy atom. The summed E-state index contributed by atoms with van der Waals surface area (Å²) in [6, 6.07) is 0. The number of rotatable bonds is 4. The minimum Gasteiger partial charge on any atom is -0.469 e. The van der Waals surface area contributed by atoms with E-state index in [4.69, 9.17) is 18.9 Å². The lowest BCUT2D eigenvalue weighted by Crippen LogP contribution is -2.57. The maximum Gasteiger partial charge on any atom is 0.316 e. The van der Waals surface area contributed by atoms with Crippen molar-refractivity contribution in [2.45, 2.75) is 63.8 Å². The van der Waals surface area contributed by atoms with E-state index in [-0.39, 0.29) is 31.3 Å². The number of methoxy groups -OCH3 is 2. The minimum absolute atomic E-state index is 0.0535. The predicted octanol–water partition coefficient (Wildman–Crippen LogP) is 1.19. The van der Waals surface area contributed by atoms with Crippen LogP contribution < -0.4 is 0 Å². The molecule has 10 nitrogen and oxygen atoms in total. The fourth-order valence-electron chi connectivity index (χ4n) is 7.38. The first-order valence-electron chi connectivity index (χ1n) is 11.4. The maximum absolute atomic E-state index is 13.4. The molecule has 0 heterocycles. The van der Waals surface area contributed by atoms with E-state index in [2.05, 4.69) is 6.58 Å². The highest BCUT2D eigenvalue weighted by molar-refractivity contribution is 6.03. The van der Waals surface area contributed by atoms with Crippen LogP contribution in [0.5, 0.6) is 0 Å². The molecule has 0 saturated heterocycles. The van der Waals surface area contributed by atoms with Crippen LogP contribution in [0, 0.1) is 22.7 Å². The molecule has 7 atom stereocenters. The van der Waals surface area contributed by atoms with Gasteiger partial charge in [0.25, 0.3) is 0 Å². The van der Waals surface area contributed by atoms with E-state index in [1.807, 2.05) is 0 Å². The van der Waals surface area contributed by atoms with Crippen LogP contribution in [0.2, 0.25) is 0 Å². The zero-order chi connectivity index (χ0) is 26.1. The van der Waals surface area contributed by atoms with Crippen molar-refractivity contribution in [3.63, 3.8) is 0 Å². The number of fused-ring (bicyclic) bond motifs is 3. The van der Waals surface area contributed by atoms with Gasteiger partial charge in [-0.3, -0.25) is 24.0 Å². The van der Waals surface area contributed by atoms with Crippen molar-refractivity contribution in [1.82, 2.24) is 0 Å². The predicted molar refractivity (Wildman–Crippen MR) is 117 cm³/mol. The summed E-state index contributed by atoms with van der Waals surface area (Å²) in [5.74, 6) is -5.83. The van der Waals surface area contributed by atoms with Crippen molar-refractivity contribution in [3.8, 4) is 0 Å². The van der Waals surface area contributed by atoms with Crippen molar-refractivity contribution in [3.05, 3.63) is 23.8 Å². The Labute approximate surface area is 202 Å². The van der Waals surface area contributed by atoms with E-state index in [0.717, 1.165) is 14.0 Å². The van der Waals surface area contributed by atoms with E-state index < -0.39 is 69.6 Å². The van der Waals surface area contributed by atoms with Crippen LogP contribution in [0.25, 0.3) is 0 Å². The molecule has 0 unspecified atom stereocenters. The third-order valence-corrected chi connectivity index (χ3v) is 8.68. The molecule has 0 aromatic carbocycles. The first kappa shape index (κ1) is 25.1. The van der Waals surface area contributed by atoms with Gasteiger partial charge in [0, 0.05) is 31.6 Å². The van der Waals surface area contributed by atoms with Gasteiger partial charge < -0.3 is 24.1 Å². The number of carbonyl (C=O) groups excluding carboxylic acids is 5. The summed E-state index contributed by atoms with van der Waals surface area (Å²) >= 11 is 0. The molecule has 2 bridgehead atoms. The molecule has 1 N–H and O–H groups in total. The number of carbonyl (C=O) groups is 5. The van der Waals surface area contributed by atoms with E-state index in [9.17, 15) is 29.1 Å². The Morgan fingerprint density at radius 2 is 1.74 bits per heavy atom. The molecule has 10 heteroatoms. The van der Waals surface area contributed by atoms with Crippen LogP contribution in [0.1, 0.15) is 46.5 Å². The number of esters is 4. The quantitative estimate of drug-likeness (QED) is 0.347. The molecule has 4 rings (SSSR count). The highest BCUT2D eigenvalue weighted by Gasteiger charge is 2.80. The highest BCUT2D eigenvalue weighted by Crippen LogP contribution is 2.75. The summed E-state index contributed by atoms with van der Waals surface area (Å²) in [5, 5.41) is 12.3. The molecule has 0 aromatic heterocycles. The van der Waals surface area contributed by atoms with Crippen LogP contribution >= 0.6 is 0 Å².